The van der Waals surface area contributed by atoms with Crippen LogP contribution in [0.1, 0.15) is 0 Å². The summed E-state index contributed by atoms with van der Waals surface area (Å²) < 4.78 is 8.67. The Morgan fingerprint density at radius 1 is 0.524 bits per heavy atom. The molecule has 0 radical (unpaired) electrons. The van der Waals surface area contributed by atoms with E-state index < -0.39 is 0 Å². The van der Waals surface area contributed by atoms with E-state index in [1.165, 1.54) is 21.0 Å². The van der Waals surface area contributed by atoms with Crippen LogP contribution in [0.4, 0.5) is 0 Å². The Balaban J connectivity index is 1.35. The molecule has 9 aromatic rings. The second-order valence-corrected chi connectivity index (χ2v) is 11.6. The lowest BCUT2D eigenvalue weighted by atomic mass is 10.00. The van der Waals surface area contributed by atoms with Crippen LogP contribution in [0.15, 0.2) is 138 Å². The molecule has 0 N–H and O–H groups in total. The first-order valence-electron chi connectivity index (χ1n) is 14.0. The van der Waals surface area contributed by atoms with Gasteiger partial charge in [-0.15, -0.1) is 11.3 Å². The van der Waals surface area contributed by atoms with Gasteiger partial charge in [0, 0.05) is 32.0 Å². The fourth-order valence-electron chi connectivity index (χ4n) is 6.07. The molecule has 0 spiro atoms. The highest BCUT2D eigenvalue weighted by atomic mass is 32.1. The number of hydrogen-bond acceptors (Lipinski definition) is 4. The molecule has 3 heterocycles. The van der Waals surface area contributed by atoms with E-state index in [-0.39, 0.29) is 0 Å². The fourth-order valence-corrected chi connectivity index (χ4v) is 7.22. The van der Waals surface area contributed by atoms with Crippen molar-refractivity contribution >= 4 is 64.4 Å². The minimum Gasteiger partial charge on any atom is -0.456 e. The summed E-state index contributed by atoms with van der Waals surface area (Å²) in [6.45, 7) is 0. The Labute approximate surface area is 245 Å². The van der Waals surface area contributed by atoms with Gasteiger partial charge in [-0.05, 0) is 52.2 Å². The summed E-state index contributed by atoms with van der Waals surface area (Å²) >= 11 is 1.76. The minimum atomic E-state index is 0.702. The average molecular weight is 555 g/mol. The molecule has 9 rings (SSSR count). The van der Waals surface area contributed by atoms with Gasteiger partial charge in [-0.3, -0.25) is 0 Å². The molecule has 0 aliphatic heterocycles. The van der Waals surface area contributed by atoms with E-state index in [1.807, 2.05) is 18.2 Å². The lowest BCUT2D eigenvalue weighted by molar-refractivity contribution is 0.669. The number of benzene rings is 6. The van der Waals surface area contributed by atoms with Crippen LogP contribution in [0, 0.1) is 0 Å². The van der Waals surface area contributed by atoms with Crippen molar-refractivity contribution in [2.75, 3.05) is 0 Å². The summed E-state index contributed by atoms with van der Waals surface area (Å²) in [6.07, 6.45) is 0. The molecule has 0 saturated heterocycles. The molecular formula is C38H22N2OS. The molecule has 0 atom stereocenters. The summed E-state index contributed by atoms with van der Waals surface area (Å²) in [4.78, 5) is 10.6. The standard InChI is InChI=1S/C38H22N2OS/c1-2-9-23(10-3-1)26-19-20-31-30(22-26)34-29(14-8-15-32(34)41-31)38-39-35(27-18-17-24-11-4-5-12-25(24)21-27)37-36(40-38)28-13-6-7-16-33(28)42-37/h1-22H. The van der Waals surface area contributed by atoms with Crippen LogP contribution in [0.5, 0.6) is 0 Å². The van der Waals surface area contributed by atoms with Gasteiger partial charge in [-0.2, -0.15) is 0 Å². The quantitative estimate of drug-likeness (QED) is 0.218. The predicted molar refractivity (Wildman–Crippen MR) is 176 cm³/mol. The number of fused-ring (bicyclic) bond motifs is 7. The molecule has 0 bridgehead atoms. The molecule has 0 unspecified atom stereocenters. The third-order valence-electron chi connectivity index (χ3n) is 8.09. The van der Waals surface area contributed by atoms with E-state index in [4.69, 9.17) is 14.4 Å². The Morgan fingerprint density at radius 2 is 1.33 bits per heavy atom. The van der Waals surface area contributed by atoms with Crippen molar-refractivity contribution in [2.45, 2.75) is 0 Å². The van der Waals surface area contributed by atoms with Crippen LogP contribution in [-0.4, -0.2) is 9.97 Å². The maximum atomic E-state index is 6.36. The van der Waals surface area contributed by atoms with Crippen LogP contribution >= 0.6 is 11.3 Å². The zero-order chi connectivity index (χ0) is 27.6. The van der Waals surface area contributed by atoms with Crippen LogP contribution in [0.2, 0.25) is 0 Å². The van der Waals surface area contributed by atoms with Gasteiger partial charge in [-0.1, -0.05) is 103 Å². The molecule has 42 heavy (non-hydrogen) atoms. The average Bonchev–Trinajstić information content (AvgIpc) is 3.62. The second-order valence-electron chi connectivity index (χ2n) is 10.6. The highest BCUT2D eigenvalue weighted by Crippen LogP contribution is 2.42. The van der Waals surface area contributed by atoms with E-state index >= 15 is 0 Å². The SMILES string of the molecule is c1ccc(-c2ccc3oc4cccc(-c5nc(-c6ccc7ccccc7c6)c6sc7ccccc7c6n5)c4c3c2)cc1. The molecule has 0 fully saturated rings. The largest absolute Gasteiger partial charge is 0.456 e. The van der Waals surface area contributed by atoms with Crippen molar-refractivity contribution in [3.8, 4) is 33.8 Å². The van der Waals surface area contributed by atoms with E-state index in [9.17, 15) is 0 Å². The number of rotatable bonds is 3. The van der Waals surface area contributed by atoms with Crippen molar-refractivity contribution in [1.29, 1.82) is 0 Å². The summed E-state index contributed by atoms with van der Waals surface area (Å²) in [5.41, 5.74) is 8.01. The molecule has 3 nitrogen and oxygen atoms in total. The van der Waals surface area contributed by atoms with Gasteiger partial charge in [0.1, 0.15) is 11.2 Å². The summed E-state index contributed by atoms with van der Waals surface area (Å²) in [5, 5.41) is 5.66. The maximum absolute atomic E-state index is 6.36. The molecule has 0 amide bonds. The highest BCUT2D eigenvalue weighted by molar-refractivity contribution is 7.26. The number of furan rings is 1. The van der Waals surface area contributed by atoms with Gasteiger partial charge >= 0.3 is 0 Å². The Hall–Kier alpha value is -5.32. The van der Waals surface area contributed by atoms with Crippen molar-refractivity contribution in [2.24, 2.45) is 0 Å². The lowest BCUT2D eigenvalue weighted by Gasteiger charge is -2.09. The van der Waals surface area contributed by atoms with Gasteiger partial charge < -0.3 is 4.42 Å². The second kappa shape index (κ2) is 9.10. The molecule has 0 aliphatic rings. The van der Waals surface area contributed by atoms with Crippen LogP contribution < -0.4 is 0 Å². The smallest absolute Gasteiger partial charge is 0.161 e. The van der Waals surface area contributed by atoms with Crippen molar-refractivity contribution < 1.29 is 4.42 Å². The van der Waals surface area contributed by atoms with E-state index in [0.29, 0.717) is 5.82 Å². The van der Waals surface area contributed by atoms with Gasteiger partial charge in [0.25, 0.3) is 0 Å². The first-order valence-corrected chi connectivity index (χ1v) is 14.8. The number of nitrogens with zero attached hydrogens (tertiary/aromatic N) is 2. The highest BCUT2D eigenvalue weighted by Gasteiger charge is 2.20. The summed E-state index contributed by atoms with van der Waals surface area (Å²) in [7, 11) is 0. The van der Waals surface area contributed by atoms with Gasteiger partial charge in [0.15, 0.2) is 5.82 Å². The van der Waals surface area contributed by atoms with Crippen molar-refractivity contribution in [3.05, 3.63) is 133 Å². The topological polar surface area (TPSA) is 38.9 Å². The third kappa shape index (κ3) is 3.59. The normalized spacial score (nSPS) is 11.8. The Kier molecular flexibility index (Phi) is 5.07. The predicted octanol–water partition coefficient (Wildman–Crippen LogP) is 10.9. The van der Waals surface area contributed by atoms with E-state index in [0.717, 1.165) is 59.9 Å². The molecule has 4 heteroatoms. The van der Waals surface area contributed by atoms with Gasteiger partial charge in [0.05, 0.1) is 15.9 Å². The zero-order valence-corrected chi connectivity index (χ0v) is 23.2. The van der Waals surface area contributed by atoms with E-state index in [1.54, 1.807) is 11.3 Å². The maximum Gasteiger partial charge on any atom is 0.161 e. The Morgan fingerprint density at radius 3 is 2.26 bits per heavy atom. The van der Waals surface area contributed by atoms with Crippen LogP contribution in [0.25, 0.3) is 86.8 Å². The summed E-state index contributed by atoms with van der Waals surface area (Å²) in [5.74, 6) is 0.702. The molecule has 196 valence electrons. The van der Waals surface area contributed by atoms with Crippen molar-refractivity contribution in [1.82, 2.24) is 9.97 Å². The third-order valence-corrected chi connectivity index (χ3v) is 9.25. The van der Waals surface area contributed by atoms with Crippen LogP contribution in [0.3, 0.4) is 0 Å². The number of hydrogen-bond donors (Lipinski definition) is 0. The molecular weight excluding hydrogens is 532 g/mol. The molecule has 6 aromatic carbocycles. The van der Waals surface area contributed by atoms with E-state index in [2.05, 4.69) is 115 Å². The monoisotopic (exact) mass is 554 g/mol. The fraction of sp³-hybridized carbons (Fsp3) is 0. The summed E-state index contributed by atoms with van der Waals surface area (Å²) in [6, 6.07) is 46.6. The first-order chi connectivity index (χ1) is 20.8. The van der Waals surface area contributed by atoms with Crippen LogP contribution in [-0.2, 0) is 0 Å². The molecule has 3 aromatic heterocycles. The minimum absolute atomic E-state index is 0.702. The molecule has 0 saturated carbocycles. The van der Waals surface area contributed by atoms with Gasteiger partial charge in [-0.25, -0.2) is 9.97 Å². The Bertz CT molecular complexity index is 2470. The van der Waals surface area contributed by atoms with Gasteiger partial charge in [0.2, 0.25) is 0 Å². The lowest BCUT2D eigenvalue weighted by Crippen LogP contribution is -1.94. The zero-order valence-electron chi connectivity index (χ0n) is 22.4. The number of aromatic nitrogens is 2. The first kappa shape index (κ1) is 23.4. The van der Waals surface area contributed by atoms with Crippen molar-refractivity contribution in [3.63, 3.8) is 0 Å². The number of thiophene rings is 1. The molecule has 0 aliphatic carbocycles.